The van der Waals surface area contributed by atoms with E-state index >= 15 is 4.39 Å². The third-order valence-electron chi connectivity index (χ3n) is 10.1. The van der Waals surface area contributed by atoms with Crippen LogP contribution < -0.4 is 10.1 Å². The van der Waals surface area contributed by atoms with Gasteiger partial charge in [-0.2, -0.15) is 17.6 Å². The molecule has 2 aliphatic heterocycles. The zero-order valence-corrected chi connectivity index (χ0v) is 29.5. The van der Waals surface area contributed by atoms with Crippen molar-refractivity contribution >= 4 is 22.0 Å². The number of nitrogens with one attached hydrogen (secondary N) is 1. The van der Waals surface area contributed by atoms with Gasteiger partial charge in [0.1, 0.15) is 6.61 Å². The van der Waals surface area contributed by atoms with Gasteiger partial charge in [-0.1, -0.05) is 48.6 Å². The van der Waals surface area contributed by atoms with Crippen LogP contribution in [0, 0.1) is 5.95 Å². The molecule has 4 aromatic rings. The first-order valence-electron chi connectivity index (χ1n) is 18.3. The van der Waals surface area contributed by atoms with E-state index in [1.54, 1.807) is 60.7 Å². The quantitative estimate of drug-likeness (QED) is 0.0819. The SMILES string of the molecule is OC[C@H]1CN(C/C=C/CNC2(COc3ccc(/C(=C(/CC(F)(F)F)c4ccccc4)c4ccc5c(c4)c(F)nn5C4CCCCO4)cn3)CC2)CCO1. The molecule has 53 heavy (non-hydrogen) atoms. The first kappa shape index (κ1) is 37.2. The molecule has 0 amide bonds. The normalized spacial score (nSPS) is 21.2. The minimum atomic E-state index is -4.52. The van der Waals surface area contributed by atoms with Crippen molar-refractivity contribution in [1.29, 1.82) is 0 Å². The summed E-state index contributed by atoms with van der Waals surface area (Å²) in [6.45, 7) is 4.60. The number of aliphatic hydroxyl groups is 1. The molecule has 4 heterocycles. The van der Waals surface area contributed by atoms with Gasteiger partial charge in [-0.15, -0.1) is 5.10 Å². The van der Waals surface area contributed by atoms with Crippen molar-refractivity contribution in [3.05, 3.63) is 102 Å². The molecule has 1 saturated carbocycles. The van der Waals surface area contributed by atoms with Gasteiger partial charge >= 0.3 is 6.18 Å². The van der Waals surface area contributed by atoms with Gasteiger partial charge in [0.05, 0.1) is 42.2 Å². The molecular weight excluding hydrogens is 690 g/mol. The van der Waals surface area contributed by atoms with Gasteiger partial charge in [-0.25, -0.2) is 9.67 Å². The number of halogens is 4. The number of alkyl halides is 3. The number of hydrogen-bond acceptors (Lipinski definition) is 8. The lowest BCUT2D eigenvalue weighted by atomic mass is 9.88. The fraction of sp³-hybridized carbons (Fsp3) is 0.450. The molecule has 9 nitrogen and oxygen atoms in total. The summed E-state index contributed by atoms with van der Waals surface area (Å²) >= 11 is 0. The minimum Gasteiger partial charge on any atom is -0.476 e. The Morgan fingerprint density at radius 3 is 2.55 bits per heavy atom. The molecule has 2 saturated heterocycles. The Morgan fingerprint density at radius 1 is 1.00 bits per heavy atom. The number of rotatable bonds is 14. The standard InChI is InChI=1S/C40H45F4N5O4/c41-38-32-22-29(11-13-34(32)49(47-38)36-10-4-7-20-52-36)37(33(23-40(42,43)44)28-8-2-1-3-9-28)30-12-14-35(45-24-30)53-27-39(15-16-39)46-17-5-6-18-48-19-21-51-31(25-48)26-50/h1-3,5-6,8-9,11-14,22,24,31,36,46,50H,4,7,10,15-21,23,25-27H2/b6-5+,37-33-/t31-,36?/m1/s1. The Hall–Kier alpha value is -4.14. The molecule has 13 heteroatoms. The monoisotopic (exact) mass is 735 g/mol. The van der Waals surface area contributed by atoms with Crippen LogP contribution in [0.25, 0.3) is 22.0 Å². The van der Waals surface area contributed by atoms with E-state index in [-0.39, 0.29) is 29.2 Å². The summed E-state index contributed by atoms with van der Waals surface area (Å²) in [5.41, 5.74) is 1.95. The lowest BCUT2D eigenvalue weighted by Crippen LogP contribution is -2.44. The number of aliphatic hydroxyl groups excluding tert-OH is 1. The molecule has 1 unspecified atom stereocenters. The van der Waals surface area contributed by atoms with Crippen LogP contribution in [0.4, 0.5) is 17.6 Å². The Bertz CT molecular complexity index is 1890. The van der Waals surface area contributed by atoms with Gasteiger partial charge in [0, 0.05) is 50.6 Å². The van der Waals surface area contributed by atoms with E-state index in [1.165, 1.54) is 10.9 Å². The molecule has 2 N–H and O–H groups in total. The maximum atomic E-state index is 15.4. The summed E-state index contributed by atoms with van der Waals surface area (Å²) in [4.78, 5) is 6.77. The fourth-order valence-corrected chi connectivity index (χ4v) is 7.07. The van der Waals surface area contributed by atoms with E-state index < -0.39 is 24.8 Å². The molecule has 0 radical (unpaired) electrons. The Labute approximate surface area is 306 Å². The van der Waals surface area contributed by atoms with Crippen molar-refractivity contribution in [2.24, 2.45) is 0 Å². The van der Waals surface area contributed by atoms with Crippen molar-refractivity contribution in [3.8, 4) is 5.88 Å². The van der Waals surface area contributed by atoms with Crippen molar-refractivity contribution in [2.45, 2.75) is 62.6 Å². The van der Waals surface area contributed by atoms with Gasteiger partial charge in [0.2, 0.25) is 11.8 Å². The lowest BCUT2D eigenvalue weighted by molar-refractivity contribution is -0.122. The first-order chi connectivity index (χ1) is 25.7. The average Bonchev–Trinajstić information content (AvgIpc) is 3.88. The third-order valence-corrected chi connectivity index (χ3v) is 10.1. The zero-order valence-electron chi connectivity index (χ0n) is 29.5. The van der Waals surface area contributed by atoms with Crippen molar-refractivity contribution in [3.63, 3.8) is 0 Å². The highest BCUT2D eigenvalue weighted by Gasteiger charge is 2.43. The van der Waals surface area contributed by atoms with Gasteiger partial charge in [-0.05, 0) is 72.6 Å². The molecule has 2 aromatic carbocycles. The zero-order chi connectivity index (χ0) is 36.8. The van der Waals surface area contributed by atoms with Crippen molar-refractivity contribution in [1.82, 2.24) is 25.0 Å². The van der Waals surface area contributed by atoms with E-state index in [9.17, 15) is 18.3 Å². The van der Waals surface area contributed by atoms with Crippen molar-refractivity contribution in [2.75, 3.05) is 52.6 Å². The maximum Gasteiger partial charge on any atom is 0.393 e. The number of allylic oxidation sites excluding steroid dienone is 1. The van der Waals surface area contributed by atoms with E-state index in [4.69, 9.17) is 14.2 Å². The number of morpholine rings is 1. The summed E-state index contributed by atoms with van der Waals surface area (Å²) < 4.78 is 77.2. The lowest BCUT2D eigenvalue weighted by Gasteiger charge is -2.31. The molecule has 0 bridgehead atoms. The topological polar surface area (TPSA) is 93.9 Å². The summed E-state index contributed by atoms with van der Waals surface area (Å²) in [7, 11) is 0. The number of nitrogens with zero attached hydrogens (tertiary/aromatic N) is 4. The number of benzene rings is 2. The number of aromatic nitrogens is 3. The highest BCUT2D eigenvalue weighted by atomic mass is 19.4. The number of hydrogen-bond donors (Lipinski definition) is 2. The highest BCUT2D eigenvalue weighted by Crippen LogP contribution is 2.41. The predicted octanol–water partition coefficient (Wildman–Crippen LogP) is 6.93. The molecule has 282 valence electrons. The number of fused-ring (bicyclic) bond motifs is 1. The van der Waals surface area contributed by atoms with E-state index in [2.05, 4.69) is 32.5 Å². The smallest absolute Gasteiger partial charge is 0.393 e. The number of pyridine rings is 1. The van der Waals surface area contributed by atoms with Crippen LogP contribution in [-0.4, -0.2) is 95.2 Å². The molecule has 0 spiro atoms. The van der Waals surface area contributed by atoms with Crippen LogP contribution in [0.15, 0.2) is 79.0 Å². The predicted molar refractivity (Wildman–Crippen MR) is 194 cm³/mol. The molecule has 3 fully saturated rings. The van der Waals surface area contributed by atoms with Gasteiger partial charge < -0.3 is 24.6 Å². The summed E-state index contributed by atoms with van der Waals surface area (Å²) in [5.74, 6) is -0.351. The molecule has 3 aliphatic rings. The van der Waals surface area contributed by atoms with Gasteiger partial charge in [-0.3, -0.25) is 4.90 Å². The van der Waals surface area contributed by atoms with E-state index in [0.29, 0.717) is 73.0 Å². The second-order valence-electron chi connectivity index (χ2n) is 14.0. The average molecular weight is 736 g/mol. The second kappa shape index (κ2) is 16.5. The summed E-state index contributed by atoms with van der Waals surface area (Å²) in [6.07, 6.45) is 3.94. The van der Waals surface area contributed by atoms with Gasteiger partial charge in [0.15, 0.2) is 6.23 Å². The third kappa shape index (κ3) is 9.33. The van der Waals surface area contributed by atoms with E-state index in [1.807, 2.05) is 0 Å². The molecular formula is C40H45F4N5O4. The maximum absolute atomic E-state index is 15.4. The fourth-order valence-electron chi connectivity index (χ4n) is 7.07. The molecule has 7 rings (SSSR count). The Kier molecular flexibility index (Phi) is 11.6. The Balaban J connectivity index is 1.11. The van der Waals surface area contributed by atoms with Crippen LogP contribution in [0.5, 0.6) is 5.88 Å². The number of ether oxygens (including phenoxy) is 3. The largest absolute Gasteiger partial charge is 0.476 e. The first-order valence-corrected chi connectivity index (χ1v) is 18.3. The van der Waals surface area contributed by atoms with Gasteiger partial charge in [0.25, 0.3) is 0 Å². The van der Waals surface area contributed by atoms with Crippen LogP contribution in [-0.2, 0) is 9.47 Å². The summed E-state index contributed by atoms with van der Waals surface area (Å²) in [5, 5.41) is 17.3. The second-order valence-corrected chi connectivity index (χ2v) is 14.0. The van der Waals surface area contributed by atoms with Crippen LogP contribution in [0.3, 0.4) is 0 Å². The highest BCUT2D eigenvalue weighted by molar-refractivity contribution is 6.00. The van der Waals surface area contributed by atoms with Crippen LogP contribution >= 0.6 is 0 Å². The molecule has 1 aliphatic carbocycles. The van der Waals surface area contributed by atoms with Crippen molar-refractivity contribution < 1.29 is 36.9 Å². The minimum absolute atomic E-state index is 0.0217. The van der Waals surface area contributed by atoms with Crippen LogP contribution in [0.1, 0.15) is 61.4 Å². The summed E-state index contributed by atoms with van der Waals surface area (Å²) in [6, 6.07) is 16.8. The van der Waals surface area contributed by atoms with Crippen LogP contribution in [0.2, 0.25) is 0 Å². The molecule has 2 atom stereocenters. The van der Waals surface area contributed by atoms with E-state index in [0.717, 1.165) is 38.8 Å². The molecule has 2 aromatic heterocycles. The Morgan fingerprint density at radius 2 is 1.83 bits per heavy atom.